The molecule has 8 heteroatoms. The Morgan fingerprint density at radius 2 is 1.49 bits per heavy atom. The van der Waals surface area contributed by atoms with Crippen LogP contribution >= 0.6 is 0 Å². The number of carbonyl (C=O) groups excluding carboxylic acids is 1. The number of methoxy groups -OCH3 is 4. The van der Waals surface area contributed by atoms with Gasteiger partial charge in [0.2, 0.25) is 0 Å². The summed E-state index contributed by atoms with van der Waals surface area (Å²) in [4.78, 5) is 11.5. The molecule has 1 heterocycles. The van der Waals surface area contributed by atoms with Crippen molar-refractivity contribution < 1.29 is 32.6 Å². The summed E-state index contributed by atoms with van der Waals surface area (Å²) in [6, 6.07) is 9.39. The average Bonchev–Trinajstić information content (AvgIpc) is 3.25. The minimum Gasteiger partial charge on any atom is -0.539 e. The van der Waals surface area contributed by atoms with E-state index in [1.807, 2.05) is 24.3 Å². The monoisotopic (exact) mass is 498 g/mol. The van der Waals surface area contributed by atoms with Crippen LogP contribution in [0.2, 0.25) is 18.1 Å². The van der Waals surface area contributed by atoms with Crippen LogP contribution in [0.15, 0.2) is 40.8 Å². The number of esters is 1. The Balaban J connectivity index is 2.10. The molecule has 0 aliphatic heterocycles. The predicted octanol–water partition coefficient (Wildman–Crippen LogP) is 6.70. The van der Waals surface area contributed by atoms with Gasteiger partial charge in [-0.2, -0.15) is 0 Å². The standard InChI is InChI=1S/C27H34O7Si/c1-27(2,3)35(8,9)34-26-22(30-5)14-18(15-23(26)31-6)20-16-19-12-17(10-11-24(28)32-7)13-21(29-4)25(19)33-20/h10-16H,1-9H3/b11-10+. The van der Waals surface area contributed by atoms with Gasteiger partial charge in [0.1, 0.15) is 5.76 Å². The van der Waals surface area contributed by atoms with Gasteiger partial charge in [0.05, 0.1) is 28.4 Å². The molecule has 188 valence electrons. The Hall–Kier alpha value is -3.39. The third kappa shape index (κ3) is 5.48. The third-order valence-corrected chi connectivity index (χ3v) is 10.7. The van der Waals surface area contributed by atoms with Crippen molar-refractivity contribution in [2.45, 2.75) is 38.9 Å². The van der Waals surface area contributed by atoms with E-state index < -0.39 is 14.3 Å². The number of fused-ring (bicyclic) bond motifs is 1. The Labute approximate surface area is 207 Å². The zero-order chi connectivity index (χ0) is 26.0. The quantitative estimate of drug-likeness (QED) is 0.194. The topological polar surface area (TPSA) is 76.4 Å². The maximum Gasteiger partial charge on any atom is 0.330 e. The summed E-state index contributed by atoms with van der Waals surface area (Å²) in [7, 11) is 3.99. The lowest BCUT2D eigenvalue weighted by molar-refractivity contribution is -0.134. The van der Waals surface area contributed by atoms with Crippen LogP contribution in [0, 0.1) is 0 Å². The van der Waals surface area contributed by atoms with Gasteiger partial charge in [0.15, 0.2) is 28.6 Å². The molecule has 35 heavy (non-hydrogen) atoms. The fourth-order valence-electron chi connectivity index (χ4n) is 3.30. The molecule has 0 aliphatic rings. The highest BCUT2D eigenvalue weighted by Gasteiger charge is 2.40. The Morgan fingerprint density at radius 1 is 0.886 bits per heavy atom. The van der Waals surface area contributed by atoms with Crippen LogP contribution in [-0.4, -0.2) is 42.7 Å². The zero-order valence-electron chi connectivity index (χ0n) is 21.9. The summed E-state index contributed by atoms with van der Waals surface area (Å²) in [5, 5.41) is 0.834. The molecule has 0 fully saturated rings. The van der Waals surface area contributed by atoms with Crippen molar-refractivity contribution in [1.29, 1.82) is 0 Å². The number of furan rings is 1. The second-order valence-corrected chi connectivity index (χ2v) is 14.4. The molecule has 3 aromatic rings. The first-order chi connectivity index (χ1) is 16.4. The van der Waals surface area contributed by atoms with E-state index in [1.165, 1.54) is 13.2 Å². The van der Waals surface area contributed by atoms with Gasteiger partial charge in [-0.3, -0.25) is 0 Å². The summed E-state index contributed by atoms with van der Waals surface area (Å²) in [6.45, 7) is 10.9. The Morgan fingerprint density at radius 3 is 2.00 bits per heavy atom. The molecule has 0 saturated carbocycles. The summed E-state index contributed by atoms with van der Waals surface area (Å²) in [5.74, 6) is 2.46. The Kier molecular flexibility index (Phi) is 7.55. The van der Waals surface area contributed by atoms with Crippen LogP contribution in [0.4, 0.5) is 0 Å². The number of ether oxygens (including phenoxy) is 4. The zero-order valence-corrected chi connectivity index (χ0v) is 22.9. The van der Waals surface area contributed by atoms with Gasteiger partial charge in [-0.25, -0.2) is 4.79 Å². The lowest BCUT2D eigenvalue weighted by Gasteiger charge is -2.37. The van der Waals surface area contributed by atoms with Crippen LogP contribution in [0.3, 0.4) is 0 Å². The molecule has 0 N–H and O–H groups in total. The molecule has 7 nitrogen and oxygen atoms in total. The molecule has 3 rings (SSSR count). The van der Waals surface area contributed by atoms with Gasteiger partial charge >= 0.3 is 5.97 Å². The van der Waals surface area contributed by atoms with Crippen molar-refractivity contribution in [2.75, 3.05) is 28.4 Å². The highest BCUT2D eigenvalue weighted by molar-refractivity contribution is 6.74. The molecule has 2 aromatic carbocycles. The van der Waals surface area contributed by atoms with Crippen molar-refractivity contribution in [3.8, 4) is 34.3 Å². The molecule has 0 aliphatic carbocycles. The molecule has 1 aromatic heterocycles. The maximum absolute atomic E-state index is 11.5. The lowest BCUT2D eigenvalue weighted by Crippen LogP contribution is -2.44. The third-order valence-electron chi connectivity index (χ3n) is 6.35. The van der Waals surface area contributed by atoms with Gasteiger partial charge in [0, 0.05) is 17.0 Å². The van der Waals surface area contributed by atoms with Crippen LogP contribution in [0.1, 0.15) is 26.3 Å². The first kappa shape index (κ1) is 26.2. The molecular formula is C27H34O7Si. The molecule has 0 saturated heterocycles. The summed E-state index contributed by atoms with van der Waals surface area (Å²) >= 11 is 0. The normalized spacial score (nSPS) is 12.1. The van der Waals surface area contributed by atoms with Crippen molar-refractivity contribution in [3.63, 3.8) is 0 Å². The first-order valence-corrected chi connectivity index (χ1v) is 14.2. The van der Waals surface area contributed by atoms with E-state index in [2.05, 4.69) is 38.6 Å². The molecule has 0 atom stereocenters. The number of hydrogen-bond donors (Lipinski definition) is 0. The minimum absolute atomic E-state index is 0.0109. The number of carbonyl (C=O) groups is 1. The summed E-state index contributed by atoms with van der Waals surface area (Å²) in [5.41, 5.74) is 2.14. The summed E-state index contributed by atoms with van der Waals surface area (Å²) < 4.78 is 34.4. The molecule has 0 spiro atoms. The van der Waals surface area contributed by atoms with E-state index in [-0.39, 0.29) is 5.04 Å². The average molecular weight is 499 g/mol. The van der Waals surface area contributed by atoms with Gasteiger partial charge in [-0.05, 0) is 60.1 Å². The molecule has 0 unspecified atom stereocenters. The van der Waals surface area contributed by atoms with E-state index in [1.54, 1.807) is 33.5 Å². The van der Waals surface area contributed by atoms with Gasteiger partial charge in [-0.15, -0.1) is 0 Å². The van der Waals surface area contributed by atoms with Crippen molar-refractivity contribution in [1.82, 2.24) is 0 Å². The molecule has 0 amide bonds. The van der Waals surface area contributed by atoms with E-state index in [9.17, 15) is 4.79 Å². The fourth-order valence-corrected chi connectivity index (χ4v) is 4.31. The van der Waals surface area contributed by atoms with Gasteiger partial charge in [-0.1, -0.05) is 20.8 Å². The maximum atomic E-state index is 11.5. The van der Waals surface area contributed by atoms with E-state index in [0.29, 0.717) is 34.3 Å². The van der Waals surface area contributed by atoms with Crippen molar-refractivity contribution >= 4 is 31.3 Å². The van der Waals surface area contributed by atoms with Crippen LogP contribution in [-0.2, 0) is 9.53 Å². The van der Waals surface area contributed by atoms with E-state index in [0.717, 1.165) is 16.5 Å². The smallest absolute Gasteiger partial charge is 0.330 e. The molecular weight excluding hydrogens is 464 g/mol. The lowest BCUT2D eigenvalue weighted by atomic mass is 10.1. The second-order valence-electron chi connectivity index (χ2n) is 9.68. The predicted molar refractivity (Wildman–Crippen MR) is 140 cm³/mol. The minimum atomic E-state index is -2.14. The first-order valence-electron chi connectivity index (χ1n) is 11.3. The highest BCUT2D eigenvalue weighted by Crippen LogP contribution is 2.47. The Bertz CT molecular complexity index is 1220. The van der Waals surface area contributed by atoms with E-state index >= 15 is 0 Å². The van der Waals surface area contributed by atoms with E-state index in [4.69, 9.17) is 23.1 Å². The van der Waals surface area contributed by atoms with Crippen LogP contribution in [0.5, 0.6) is 23.0 Å². The molecule has 0 radical (unpaired) electrons. The number of hydrogen-bond acceptors (Lipinski definition) is 7. The number of benzene rings is 2. The fraction of sp³-hybridized carbons (Fsp3) is 0.370. The van der Waals surface area contributed by atoms with Crippen molar-refractivity contribution in [3.05, 3.63) is 42.0 Å². The highest BCUT2D eigenvalue weighted by atomic mass is 28.4. The second kappa shape index (κ2) is 10.1. The molecule has 0 bridgehead atoms. The number of rotatable bonds is 8. The van der Waals surface area contributed by atoms with Crippen molar-refractivity contribution in [2.24, 2.45) is 0 Å². The van der Waals surface area contributed by atoms with Crippen LogP contribution < -0.4 is 18.6 Å². The van der Waals surface area contributed by atoms with Crippen LogP contribution in [0.25, 0.3) is 28.4 Å². The van der Waals surface area contributed by atoms with Gasteiger partial charge < -0.3 is 27.8 Å². The SMILES string of the molecule is COC(=O)/C=C/c1cc(OC)c2oc(-c3cc(OC)c(O[Si](C)(C)C(C)(C)C)c(OC)c3)cc2c1. The largest absolute Gasteiger partial charge is 0.539 e. The van der Waals surface area contributed by atoms with Gasteiger partial charge in [0.25, 0.3) is 8.32 Å². The summed E-state index contributed by atoms with van der Waals surface area (Å²) in [6.07, 6.45) is 3.03.